The van der Waals surface area contributed by atoms with Gasteiger partial charge in [0.15, 0.2) is 12.4 Å². The van der Waals surface area contributed by atoms with Crippen LogP contribution in [-0.2, 0) is 4.79 Å². The Balaban J connectivity index is 1.68. The fraction of sp³-hybridized carbons (Fsp3) is 0.150. The molecule has 1 heterocycles. The predicted octanol–water partition coefficient (Wildman–Crippen LogP) is 3.32. The summed E-state index contributed by atoms with van der Waals surface area (Å²) in [6.45, 7) is 3.07. The number of carbonyl (C=O) groups is 2. The van der Waals surface area contributed by atoms with Crippen molar-refractivity contribution in [2.75, 3.05) is 11.9 Å². The van der Waals surface area contributed by atoms with Crippen LogP contribution in [0.4, 0.5) is 5.69 Å². The summed E-state index contributed by atoms with van der Waals surface area (Å²) in [6.07, 6.45) is 0. The van der Waals surface area contributed by atoms with Crippen LogP contribution in [0.1, 0.15) is 22.8 Å². The summed E-state index contributed by atoms with van der Waals surface area (Å²) in [7, 11) is 0. The lowest BCUT2D eigenvalue weighted by Crippen LogP contribution is -2.20. The standard InChI is InChI=1S/C20H17NO5/c1-12-8-20(24)26-18-10-16(6-7-17(12)18)25-11-19(23)21-15-5-3-4-14(9-15)13(2)22/h3-10H,11H2,1-2H3,(H,21,23). The number of amides is 1. The molecule has 132 valence electrons. The van der Waals surface area contributed by atoms with E-state index in [0.717, 1.165) is 10.9 Å². The molecule has 3 rings (SSSR count). The Morgan fingerprint density at radius 3 is 2.69 bits per heavy atom. The van der Waals surface area contributed by atoms with Crippen LogP contribution in [0.3, 0.4) is 0 Å². The van der Waals surface area contributed by atoms with Gasteiger partial charge in [-0.15, -0.1) is 0 Å². The van der Waals surface area contributed by atoms with Crippen molar-refractivity contribution >= 4 is 28.3 Å². The summed E-state index contributed by atoms with van der Waals surface area (Å²) in [4.78, 5) is 34.9. The fourth-order valence-electron chi connectivity index (χ4n) is 2.56. The van der Waals surface area contributed by atoms with Gasteiger partial charge in [0, 0.05) is 28.8 Å². The Morgan fingerprint density at radius 2 is 1.92 bits per heavy atom. The number of anilines is 1. The van der Waals surface area contributed by atoms with Gasteiger partial charge in [0.1, 0.15) is 11.3 Å². The number of hydrogen-bond donors (Lipinski definition) is 1. The van der Waals surface area contributed by atoms with Gasteiger partial charge in [-0.05, 0) is 43.7 Å². The summed E-state index contributed by atoms with van der Waals surface area (Å²) in [5, 5.41) is 3.48. The van der Waals surface area contributed by atoms with E-state index in [1.807, 2.05) is 6.92 Å². The number of hydrogen-bond acceptors (Lipinski definition) is 5. The van der Waals surface area contributed by atoms with Crippen LogP contribution in [0.2, 0.25) is 0 Å². The minimum absolute atomic E-state index is 0.0784. The molecule has 0 bridgehead atoms. The molecule has 0 aliphatic carbocycles. The molecule has 0 unspecified atom stereocenters. The van der Waals surface area contributed by atoms with E-state index in [1.165, 1.54) is 13.0 Å². The summed E-state index contributed by atoms with van der Waals surface area (Å²) >= 11 is 0. The predicted molar refractivity (Wildman–Crippen MR) is 97.8 cm³/mol. The number of fused-ring (bicyclic) bond motifs is 1. The van der Waals surface area contributed by atoms with Gasteiger partial charge in [-0.2, -0.15) is 0 Å². The second-order valence-electron chi connectivity index (χ2n) is 5.88. The van der Waals surface area contributed by atoms with Gasteiger partial charge < -0.3 is 14.5 Å². The minimum atomic E-state index is -0.435. The molecule has 6 nitrogen and oxygen atoms in total. The Bertz CT molecular complexity index is 1050. The zero-order chi connectivity index (χ0) is 18.7. The van der Waals surface area contributed by atoms with Crippen molar-refractivity contribution in [3.05, 3.63) is 70.1 Å². The van der Waals surface area contributed by atoms with Crippen molar-refractivity contribution in [2.45, 2.75) is 13.8 Å². The van der Waals surface area contributed by atoms with Crippen molar-refractivity contribution in [1.82, 2.24) is 0 Å². The average Bonchev–Trinajstić information content (AvgIpc) is 2.59. The lowest BCUT2D eigenvalue weighted by atomic mass is 10.1. The average molecular weight is 351 g/mol. The van der Waals surface area contributed by atoms with Gasteiger partial charge in [-0.25, -0.2) is 4.79 Å². The highest BCUT2D eigenvalue weighted by Gasteiger charge is 2.08. The van der Waals surface area contributed by atoms with Crippen molar-refractivity contribution in [1.29, 1.82) is 0 Å². The molecule has 0 aliphatic heterocycles. The Morgan fingerprint density at radius 1 is 1.12 bits per heavy atom. The molecular formula is C20H17NO5. The van der Waals surface area contributed by atoms with E-state index in [0.29, 0.717) is 22.6 Å². The molecule has 0 saturated carbocycles. The molecule has 0 radical (unpaired) electrons. The number of nitrogens with one attached hydrogen (secondary N) is 1. The summed E-state index contributed by atoms with van der Waals surface area (Å²) in [5.41, 5.74) is 1.82. The first-order chi connectivity index (χ1) is 12.4. The summed E-state index contributed by atoms with van der Waals surface area (Å²) in [6, 6.07) is 13.2. The maximum atomic E-state index is 12.0. The second-order valence-corrected chi connectivity index (χ2v) is 5.88. The molecule has 2 aromatic carbocycles. The molecule has 0 atom stereocenters. The van der Waals surface area contributed by atoms with Crippen molar-refractivity contribution in [3.63, 3.8) is 0 Å². The molecule has 1 aromatic heterocycles. The SMILES string of the molecule is CC(=O)c1cccc(NC(=O)COc2ccc3c(C)cc(=O)oc3c2)c1. The minimum Gasteiger partial charge on any atom is -0.484 e. The van der Waals surface area contributed by atoms with Crippen LogP contribution in [0.5, 0.6) is 5.75 Å². The maximum Gasteiger partial charge on any atom is 0.336 e. The van der Waals surface area contributed by atoms with Crippen molar-refractivity contribution in [3.8, 4) is 5.75 Å². The van der Waals surface area contributed by atoms with E-state index in [4.69, 9.17) is 9.15 Å². The number of benzene rings is 2. The quantitative estimate of drug-likeness (QED) is 0.563. The molecule has 0 fully saturated rings. The Hall–Kier alpha value is -3.41. The number of Topliss-reactive ketones (excluding diaryl/α,β-unsaturated/α-hetero) is 1. The van der Waals surface area contributed by atoms with Gasteiger partial charge in [0.25, 0.3) is 5.91 Å². The van der Waals surface area contributed by atoms with Crippen LogP contribution in [0, 0.1) is 6.92 Å². The third-order valence-electron chi connectivity index (χ3n) is 3.85. The van der Waals surface area contributed by atoms with E-state index in [1.54, 1.807) is 42.5 Å². The fourth-order valence-corrected chi connectivity index (χ4v) is 2.56. The van der Waals surface area contributed by atoms with Gasteiger partial charge in [0.2, 0.25) is 0 Å². The lowest BCUT2D eigenvalue weighted by Gasteiger charge is -2.09. The molecule has 3 aromatic rings. The first kappa shape index (κ1) is 17.4. The topological polar surface area (TPSA) is 85.6 Å². The first-order valence-electron chi connectivity index (χ1n) is 8.00. The highest BCUT2D eigenvalue weighted by atomic mass is 16.5. The van der Waals surface area contributed by atoms with Crippen LogP contribution >= 0.6 is 0 Å². The molecule has 0 aliphatic rings. The van der Waals surface area contributed by atoms with Crippen LogP contribution < -0.4 is 15.7 Å². The number of rotatable bonds is 5. The van der Waals surface area contributed by atoms with Gasteiger partial charge >= 0.3 is 5.63 Å². The van der Waals surface area contributed by atoms with E-state index in [2.05, 4.69) is 5.32 Å². The summed E-state index contributed by atoms with van der Waals surface area (Å²) < 4.78 is 10.6. The molecule has 0 spiro atoms. The van der Waals surface area contributed by atoms with E-state index in [-0.39, 0.29) is 18.3 Å². The monoisotopic (exact) mass is 351 g/mol. The van der Waals surface area contributed by atoms with Crippen LogP contribution in [0.15, 0.2) is 57.7 Å². The molecule has 1 N–H and O–H groups in total. The Kier molecular flexibility index (Phi) is 4.84. The highest BCUT2D eigenvalue weighted by Crippen LogP contribution is 2.22. The molecule has 26 heavy (non-hydrogen) atoms. The maximum absolute atomic E-state index is 12.0. The normalized spacial score (nSPS) is 10.5. The number of aryl methyl sites for hydroxylation is 1. The molecule has 1 amide bonds. The van der Waals surface area contributed by atoms with E-state index >= 15 is 0 Å². The Labute approximate surface area is 149 Å². The van der Waals surface area contributed by atoms with E-state index in [9.17, 15) is 14.4 Å². The van der Waals surface area contributed by atoms with Crippen LogP contribution in [-0.4, -0.2) is 18.3 Å². The van der Waals surface area contributed by atoms with Crippen molar-refractivity contribution in [2.24, 2.45) is 0 Å². The number of carbonyl (C=O) groups excluding carboxylic acids is 2. The van der Waals surface area contributed by atoms with Gasteiger partial charge in [-0.1, -0.05) is 12.1 Å². The first-order valence-corrected chi connectivity index (χ1v) is 8.00. The number of ether oxygens (including phenoxy) is 1. The lowest BCUT2D eigenvalue weighted by molar-refractivity contribution is -0.118. The smallest absolute Gasteiger partial charge is 0.336 e. The zero-order valence-electron chi connectivity index (χ0n) is 14.4. The summed E-state index contributed by atoms with van der Waals surface area (Å²) in [5.74, 6) is -0.0271. The third kappa shape index (κ3) is 3.97. The molecular weight excluding hydrogens is 334 g/mol. The number of ketones is 1. The van der Waals surface area contributed by atoms with E-state index < -0.39 is 5.63 Å². The van der Waals surface area contributed by atoms with Gasteiger partial charge in [-0.3, -0.25) is 9.59 Å². The third-order valence-corrected chi connectivity index (χ3v) is 3.85. The molecule has 0 saturated heterocycles. The van der Waals surface area contributed by atoms with Crippen molar-refractivity contribution < 1.29 is 18.7 Å². The zero-order valence-corrected chi connectivity index (χ0v) is 14.4. The van der Waals surface area contributed by atoms with Gasteiger partial charge in [0.05, 0.1) is 0 Å². The molecule has 6 heteroatoms. The van der Waals surface area contributed by atoms with Crippen LogP contribution in [0.25, 0.3) is 11.0 Å². The highest BCUT2D eigenvalue weighted by molar-refractivity contribution is 5.97. The second kappa shape index (κ2) is 7.23. The largest absolute Gasteiger partial charge is 0.484 e.